The number of aromatic nitrogens is 4. The lowest BCUT2D eigenvalue weighted by molar-refractivity contribution is 0.279. The van der Waals surface area contributed by atoms with Gasteiger partial charge in [-0.2, -0.15) is 0 Å². The molecular formula is C24H26N4O5Si. The summed E-state index contributed by atoms with van der Waals surface area (Å²) < 4.78 is 7.93. The molecule has 0 aliphatic rings. The van der Waals surface area contributed by atoms with Crippen molar-refractivity contribution >= 4 is 29.7 Å². The second-order valence-corrected chi connectivity index (χ2v) is 13.4. The fraction of sp³-hybridized carbons (Fsp3) is 0.250. The molecule has 2 aromatic carbocycles. The number of rotatable bonds is 6. The molecule has 0 radical (unpaired) electrons. The predicted octanol–water partition coefficient (Wildman–Crippen LogP) is 0.643. The monoisotopic (exact) mass is 478 g/mol. The molecule has 10 heteroatoms. The summed E-state index contributed by atoms with van der Waals surface area (Å²) in [6.45, 7) is 6.55. The summed E-state index contributed by atoms with van der Waals surface area (Å²) in [5, 5.41) is 1.58. The van der Waals surface area contributed by atoms with Gasteiger partial charge in [-0.05, 0) is 15.4 Å². The van der Waals surface area contributed by atoms with Crippen molar-refractivity contribution in [2.24, 2.45) is 0 Å². The van der Waals surface area contributed by atoms with E-state index in [1.165, 1.54) is 0 Å². The Hall–Kier alpha value is -3.76. The predicted molar refractivity (Wildman–Crippen MR) is 134 cm³/mol. The Morgan fingerprint density at radius 1 is 0.794 bits per heavy atom. The Morgan fingerprint density at radius 3 is 1.85 bits per heavy atom. The minimum atomic E-state index is -2.85. The maximum atomic E-state index is 12.6. The van der Waals surface area contributed by atoms with E-state index < -0.39 is 30.8 Å². The van der Waals surface area contributed by atoms with Crippen molar-refractivity contribution in [1.29, 1.82) is 0 Å². The first kappa shape index (κ1) is 23.4. The highest BCUT2D eigenvalue weighted by molar-refractivity contribution is 6.99. The number of H-pyrrole nitrogens is 3. The van der Waals surface area contributed by atoms with Crippen LogP contribution in [-0.2, 0) is 11.0 Å². The van der Waals surface area contributed by atoms with Crippen LogP contribution in [0.3, 0.4) is 0 Å². The Morgan fingerprint density at radius 2 is 1.32 bits per heavy atom. The molecule has 0 aliphatic heterocycles. The summed E-state index contributed by atoms with van der Waals surface area (Å²) in [4.78, 5) is 55.4. The average molecular weight is 479 g/mol. The molecule has 2 aromatic heterocycles. The van der Waals surface area contributed by atoms with Gasteiger partial charge < -0.3 is 4.43 Å². The lowest BCUT2D eigenvalue weighted by atomic mass is 10.2. The van der Waals surface area contributed by atoms with Gasteiger partial charge in [-0.1, -0.05) is 81.4 Å². The third-order valence-electron chi connectivity index (χ3n) is 5.94. The lowest BCUT2D eigenvalue weighted by Crippen LogP contribution is -2.66. The quantitative estimate of drug-likeness (QED) is 0.350. The summed E-state index contributed by atoms with van der Waals surface area (Å²) in [6.07, 6.45) is 0. The zero-order valence-corrected chi connectivity index (χ0v) is 20.2. The van der Waals surface area contributed by atoms with E-state index in [4.69, 9.17) is 4.43 Å². The highest BCUT2D eigenvalue weighted by Crippen LogP contribution is 2.36. The molecule has 4 rings (SSSR count). The molecule has 0 spiro atoms. The van der Waals surface area contributed by atoms with E-state index in [0.29, 0.717) is 0 Å². The van der Waals surface area contributed by atoms with Crippen LogP contribution in [0.2, 0.25) is 5.04 Å². The molecule has 176 valence electrons. The Balaban J connectivity index is 1.81. The normalized spacial score (nSPS) is 12.2. The summed E-state index contributed by atoms with van der Waals surface area (Å²) in [7, 11) is -2.85. The summed E-state index contributed by atoms with van der Waals surface area (Å²) in [5.74, 6) is 0. The van der Waals surface area contributed by atoms with Gasteiger partial charge in [0.15, 0.2) is 0 Å². The molecule has 3 N–H and O–H groups in total. The average Bonchev–Trinajstić information content (AvgIpc) is 2.78. The van der Waals surface area contributed by atoms with Crippen molar-refractivity contribution in [3.63, 3.8) is 0 Å². The summed E-state index contributed by atoms with van der Waals surface area (Å²) in [5.41, 5.74) is -3.38. The summed E-state index contributed by atoms with van der Waals surface area (Å²) in [6, 6.07) is 20.1. The molecular weight excluding hydrogens is 452 g/mol. The molecule has 0 fully saturated rings. The van der Waals surface area contributed by atoms with Crippen molar-refractivity contribution in [1.82, 2.24) is 19.5 Å². The first-order chi connectivity index (χ1) is 16.1. The standard InChI is InChI=1S/C24H26N4O5Si/c1-24(2,3)34(16-10-6-4-7-11-16,17-12-8-5-9-13-17)33-15-14-28-19-18(21(30)27-23(28)32)20(29)26-22(31)25-19/h4-13H,14-15H2,1-3H3,(H,27,30,32)(H2,25,26,29,31). The highest BCUT2D eigenvalue weighted by Gasteiger charge is 2.50. The molecule has 9 nitrogen and oxygen atoms in total. The van der Waals surface area contributed by atoms with Crippen LogP contribution in [0.15, 0.2) is 79.8 Å². The number of benzene rings is 2. The molecule has 0 aliphatic carbocycles. The van der Waals surface area contributed by atoms with Crippen LogP contribution >= 0.6 is 0 Å². The minimum absolute atomic E-state index is 0.0238. The van der Waals surface area contributed by atoms with Crippen molar-refractivity contribution in [3.05, 3.63) is 102 Å². The number of hydrogen-bond donors (Lipinski definition) is 3. The second-order valence-electron chi connectivity index (χ2n) is 9.05. The van der Waals surface area contributed by atoms with E-state index in [9.17, 15) is 19.2 Å². The first-order valence-electron chi connectivity index (χ1n) is 10.9. The molecule has 34 heavy (non-hydrogen) atoms. The third-order valence-corrected chi connectivity index (χ3v) is 11.0. The van der Waals surface area contributed by atoms with Gasteiger partial charge in [-0.3, -0.25) is 29.1 Å². The maximum Gasteiger partial charge on any atom is 0.330 e. The second kappa shape index (κ2) is 8.88. The van der Waals surface area contributed by atoms with Crippen LogP contribution in [0.5, 0.6) is 0 Å². The van der Waals surface area contributed by atoms with Gasteiger partial charge in [0.05, 0.1) is 13.2 Å². The van der Waals surface area contributed by atoms with Crippen LogP contribution in [-0.4, -0.2) is 34.4 Å². The first-order valence-corrected chi connectivity index (χ1v) is 12.8. The van der Waals surface area contributed by atoms with Crippen molar-refractivity contribution < 1.29 is 4.43 Å². The van der Waals surface area contributed by atoms with Gasteiger partial charge in [-0.15, -0.1) is 0 Å². The smallest absolute Gasteiger partial charge is 0.330 e. The molecule has 2 heterocycles. The lowest BCUT2D eigenvalue weighted by Gasteiger charge is -2.43. The van der Waals surface area contributed by atoms with Gasteiger partial charge in [0.25, 0.3) is 19.4 Å². The molecule has 4 aromatic rings. The minimum Gasteiger partial charge on any atom is -0.406 e. The zero-order chi connectivity index (χ0) is 24.5. The number of aromatic amines is 3. The van der Waals surface area contributed by atoms with E-state index in [1.54, 1.807) is 0 Å². The van der Waals surface area contributed by atoms with Crippen LogP contribution in [0.25, 0.3) is 11.0 Å². The third kappa shape index (κ3) is 4.01. The molecule has 0 amide bonds. The fourth-order valence-electron chi connectivity index (χ4n) is 4.48. The van der Waals surface area contributed by atoms with Crippen LogP contribution in [0, 0.1) is 0 Å². The van der Waals surface area contributed by atoms with Crippen molar-refractivity contribution in [3.8, 4) is 0 Å². The Labute approximate surface area is 195 Å². The Kier molecular flexibility index (Phi) is 6.11. The summed E-state index contributed by atoms with van der Waals surface area (Å²) >= 11 is 0. The van der Waals surface area contributed by atoms with Crippen molar-refractivity contribution in [2.45, 2.75) is 32.4 Å². The molecule has 0 saturated carbocycles. The van der Waals surface area contributed by atoms with E-state index >= 15 is 0 Å². The highest BCUT2D eigenvalue weighted by atomic mass is 28.4. The molecule has 0 atom stereocenters. The van der Waals surface area contributed by atoms with E-state index in [2.05, 4.69) is 55.0 Å². The molecule has 0 saturated heterocycles. The number of nitrogens with one attached hydrogen (secondary N) is 3. The maximum absolute atomic E-state index is 12.6. The van der Waals surface area contributed by atoms with Gasteiger partial charge in [0, 0.05) is 0 Å². The number of fused-ring (bicyclic) bond motifs is 1. The number of nitrogens with zero attached hydrogens (tertiary/aromatic N) is 1. The van der Waals surface area contributed by atoms with Gasteiger partial charge in [0.2, 0.25) is 0 Å². The van der Waals surface area contributed by atoms with E-state index in [1.807, 2.05) is 41.4 Å². The molecule has 0 unspecified atom stereocenters. The van der Waals surface area contributed by atoms with E-state index in [0.717, 1.165) is 14.9 Å². The SMILES string of the molecule is CC(C)(C)[Si](OCCn1c(=O)[nH]c(=O)c2c(=O)[nH]c(=O)[nH]c21)(c1ccccc1)c1ccccc1. The van der Waals surface area contributed by atoms with Crippen LogP contribution in [0.4, 0.5) is 0 Å². The van der Waals surface area contributed by atoms with Crippen LogP contribution in [0.1, 0.15) is 20.8 Å². The van der Waals surface area contributed by atoms with Gasteiger partial charge >= 0.3 is 11.4 Å². The number of hydrogen-bond acceptors (Lipinski definition) is 5. The fourth-order valence-corrected chi connectivity index (χ4v) is 9.03. The Bertz CT molecular complexity index is 1490. The van der Waals surface area contributed by atoms with E-state index in [-0.39, 0.29) is 29.2 Å². The van der Waals surface area contributed by atoms with Gasteiger partial charge in [0.1, 0.15) is 11.0 Å². The van der Waals surface area contributed by atoms with Gasteiger partial charge in [-0.25, -0.2) is 9.59 Å². The zero-order valence-electron chi connectivity index (χ0n) is 19.2. The topological polar surface area (TPSA) is 130 Å². The molecule has 0 bridgehead atoms. The largest absolute Gasteiger partial charge is 0.406 e. The van der Waals surface area contributed by atoms with Crippen molar-refractivity contribution in [2.75, 3.05) is 6.61 Å². The van der Waals surface area contributed by atoms with Crippen LogP contribution < -0.4 is 32.9 Å².